The normalized spacial score (nSPS) is 14.5. The Morgan fingerprint density at radius 2 is 1.97 bits per heavy atom. The van der Waals surface area contributed by atoms with Crippen molar-refractivity contribution in [2.75, 3.05) is 13.2 Å². The first kappa shape index (κ1) is 26.6. The monoisotopic (exact) mass is 546 g/mol. The van der Waals surface area contributed by atoms with E-state index >= 15 is 0 Å². The summed E-state index contributed by atoms with van der Waals surface area (Å²) in [4.78, 5) is 19.8. The molecule has 4 aromatic rings. The van der Waals surface area contributed by atoms with E-state index in [1.165, 1.54) is 0 Å². The number of nitrogens with one attached hydrogen (secondary N) is 1. The number of aromatic hydroxyl groups is 1. The second kappa shape index (κ2) is 11.4. The molecule has 0 saturated heterocycles. The van der Waals surface area contributed by atoms with Crippen molar-refractivity contribution in [3.63, 3.8) is 0 Å². The van der Waals surface area contributed by atoms with Gasteiger partial charge >= 0.3 is 0 Å². The van der Waals surface area contributed by atoms with Crippen LogP contribution in [-0.2, 0) is 6.54 Å². The molecule has 0 radical (unpaired) electrons. The zero-order valence-corrected chi connectivity index (χ0v) is 23.0. The van der Waals surface area contributed by atoms with Crippen LogP contribution in [0.2, 0.25) is 5.02 Å². The number of H-pyrrole nitrogens is 1. The van der Waals surface area contributed by atoms with Gasteiger partial charge in [-0.05, 0) is 67.3 Å². The summed E-state index contributed by atoms with van der Waals surface area (Å²) in [5, 5.41) is 18.7. The number of phenols is 1. The highest BCUT2D eigenvalue weighted by Crippen LogP contribution is 2.47. The van der Waals surface area contributed by atoms with Crippen LogP contribution in [0.3, 0.4) is 0 Å². The third-order valence-electron chi connectivity index (χ3n) is 6.81. The van der Waals surface area contributed by atoms with Gasteiger partial charge in [-0.25, -0.2) is 0 Å². The van der Waals surface area contributed by atoms with E-state index in [9.17, 15) is 9.90 Å². The van der Waals surface area contributed by atoms with Gasteiger partial charge in [0.1, 0.15) is 17.1 Å². The van der Waals surface area contributed by atoms with Gasteiger partial charge in [0.15, 0.2) is 11.5 Å². The number of rotatable bonds is 10. The maximum absolute atomic E-state index is 13.8. The number of aromatic amines is 1. The first-order valence-electron chi connectivity index (χ1n) is 13.1. The van der Waals surface area contributed by atoms with Crippen LogP contribution in [0.1, 0.15) is 65.5 Å². The number of aryl methyl sites for hydroxylation is 1. The lowest BCUT2D eigenvalue weighted by molar-refractivity contribution is 0.0729. The van der Waals surface area contributed by atoms with Gasteiger partial charge in [-0.1, -0.05) is 37.1 Å². The molecule has 202 valence electrons. The Bertz CT molecular complexity index is 1490. The lowest BCUT2D eigenvalue weighted by Crippen LogP contribution is -2.29. The second-order valence-corrected chi connectivity index (χ2v) is 9.92. The van der Waals surface area contributed by atoms with Gasteiger partial charge in [0.05, 0.1) is 19.3 Å². The smallest absolute Gasteiger partial charge is 0.273 e. The minimum absolute atomic E-state index is 0.0396. The number of pyridine rings is 1. The number of carbonyl (C=O) groups is 1. The van der Waals surface area contributed by atoms with Crippen LogP contribution < -0.4 is 9.47 Å². The van der Waals surface area contributed by atoms with E-state index in [0.717, 1.165) is 29.5 Å². The van der Waals surface area contributed by atoms with Gasteiger partial charge in [-0.2, -0.15) is 5.10 Å². The lowest BCUT2D eigenvalue weighted by atomic mass is 9.94. The maximum Gasteiger partial charge on any atom is 0.273 e. The largest absolute Gasteiger partial charge is 0.507 e. The molecule has 0 bridgehead atoms. The molecule has 0 saturated carbocycles. The molecule has 2 aromatic heterocycles. The molecule has 1 amide bonds. The summed E-state index contributed by atoms with van der Waals surface area (Å²) in [5.74, 6) is 1.11. The van der Waals surface area contributed by atoms with Crippen LogP contribution in [0, 0.1) is 6.92 Å². The maximum atomic E-state index is 13.8. The van der Waals surface area contributed by atoms with Crippen LogP contribution in [-0.4, -0.2) is 44.3 Å². The summed E-state index contributed by atoms with van der Waals surface area (Å²) >= 11 is 6.43. The number of hydrogen-bond acceptors (Lipinski definition) is 6. The molecule has 39 heavy (non-hydrogen) atoms. The average molecular weight is 547 g/mol. The summed E-state index contributed by atoms with van der Waals surface area (Å²) in [6.07, 6.45) is 5.41. The SMILES string of the molecule is CCCCOc1ccc(C2c3c(-c4cc(Cl)c(C)cc4O)n[nH]c3C(=O)N2Cc2cccnc2)cc1OCC. The molecule has 1 aliphatic rings. The van der Waals surface area contributed by atoms with E-state index in [2.05, 4.69) is 22.1 Å². The molecule has 3 heterocycles. The molecule has 0 spiro atoms. The third kappa shape index (κ3) is 5.16. The Morgan fingerprint density at radius 1 is 1.13 bits per heavy atom. The summed E-state index contributed by atoms with van der Waals surface area (Å²) in [6, 6.07) is 12.3. The zero-order chi connectivity index (χ0) is 27.5. The Morgan fingerprint density at radius 3 is 2.72 bits per heavy atom. The van der Waals surface area contributed by atoms with Gasteiger partial charge in [0, 0.05) is 35.1 Å². The van der Waals surface area contributed by atoms with Crippen LogP contribution >= 0.6 is 11.6 Å². The lowest BCUT2D eigenvalue weighted by Gasteiger charge is -2.27. The number of benzene rings is 2. The number of ether oxygens (including phenoxy) is 2. The van der Waals surface area contributed by atoms with E-state index in [1.807, 2.05) is 44.2 Å². The fraction of sp³-hybridized carbons (Fsp3) is 0.300. The molecule has 0 fully saturated rings. The molecular weight excluding hydrogens is 516 g/mol. The van der Waals surface area contributed by atoms with Crippen molar-refractivity contribution >= 4 is 17.5 Å². The highest BCUT2D eigenvalue weighted by Gasteiger charge is 2.43. The Labute approximate surface area is 232 Å². The first-order valence-corrected chi connectivity index (χ1v) is 13.5. The molecule has 1 atom stereocenters. The molecule has 5 rings (SSSR count). The van der Waals surface area contributed by atoms with Gasteiger partial charge in [-0.3, -0.25) is 14.9 Å². The number of nitrogens with zero attached hydrogens (tertiary/aromatic N) is 3. The third-order valence-corrected chi connectivity index (χ3v) is 7.22. The number of unbranched alkanes of at least 4 members (excludes halogenated alkanes) is 1. The van der Waals surface area contributed by atoms with Crippen molar-refractivity contribution in [3.8, 4) is 28.5 Å². The zero-order valence-electron chi connectivity index (χ0n) is 22.2. The fourth-order valence-corrected chi connectivity index (χ4v) is 5.03. The van der Waals surface area contributed by atoms with Crippen LogP contribution in [0.5, 0.6) is 17.2 Å². The highest BCUT2D eigenvalue weighted by molar-refractivity contribution is 6.31. The molecule has 8 nitrogen and oxygen atoms in total. The summed E-state index contributed by atoms with van der Waals surface area (Å²) < 4.78 is 12.0. The number of amides is 1. The number of aromatic nitrogens is 3. The summed E-state index contributed by atoms with van der Waals surface area (Å²) in [7, 11) is 0. The fourth-order valence-electron chi connectivity index (χ4n) is 4.86. The van der Waals surface area contributed by atoms with Crippen LogP contribution in [0.4, 0.5) is 0 Å². The van der Waals surface area contributed by atoms with Crippen LogP contribution in [0.25, 0.3) is 11.3 Å². The molecule has 9 heteroatoms. The van der Waals surface area contributed by atoms with E-state index in [4.69, 9.17) is 21.1 Å². The minimum atomic E-state index is -0.509. The molecule has 1 aliphatic heterocycles. The Balaban J connectivity index is 1.64. The predicted octanol–water partition coefficient (Wildman–Crippen LogP) is 6.46. The highest BCUT2D eigenvalue weighted by atomic mass is 35.5. The molecule has 1 unspecified atom stereocenters. The molecule has 2 aromatic carbocycles. The van der Waals surface area contributed by atoms with Gasteiger partial charge in [0.25, 0.3) is 5.91 Å². The van der Waals surface area contributed by atoms with E-state index in [0.29, 0.717) is 58.8 Å². The van der Waals surface area contributed by atoms with Gasteiger partial charge < -0.3 is 19.5 Å². The van der Waals surface area contributed by atoms with Crippen molar-refractivity contribution in [2.45, 2.75) is 46.2 Å². The standard InChI is InChI=1S/C30H31ClN4O4/c1-4-6-12-39-24-10-9-20(14-25(24)38-5-2)29-26-27(21-15-22(31)18(3)13-23(21)36)33-34-28(26)30(37)35(29)17-19-8-7-11-32-16-19/h7-11,13-16,29,36H,4-6,12,17H2,1-3H3,(H,33,34). The van der Waals surface area contributed by atoms with E-state index in [-0.39, 0.29) is 11.7 Å². The quantitative estimate of drug-likeness (QED) is 0.221. The molecule has 0 aliphatic carbocycles. The van der Waals surface area contributed by atoms with Crippen molar-refractivity contribution in [2.24, 2.45) is 0 Å². The number of fused-ring (bicyclic) bond motifs is 1. The number of halogens is 1. The van der Waals surface area contributed by atoms with E-state index < -0.39 is 6.04 Å². The average Bonchev–Trinajstić information content (AvgIpc) is 3.47. The Kier molecular flexibility index (Phi) is 7.74. The van der Waals surface area contributed by atoms with Crippen molar-refractivity contribution in [1.82, 2.24) is 20.1 Å². The number of phenolic OH excluding ortho intramolecular Hbond substituents is 1. The van der Waals surface area contributed by atoms with Crippen molar-refractivity contribution < 1.29 is 19.4 Å². The molecule has 2 N–H and O–H groups in total. The minimum Gasteiger partial charge on any atom is -0.507 e. The Hall–Kier alpha value is -4.04. The topological polar surface area (TPSA) is 101 Å². The summed E-state index contributed by atoms with van der Waals surface area (Å²) in [5.41, 5.74) is 4.43. The van der Waals surface area contributed by atoms with Gasteiger partial charge in [-0.15, -0.1) is 0 Å². The predicted molar refractivity (Wildman–Crippen MR) is 149 cm³/mol. The van der Waals surface area contributed by atoms with E-state index in [1.54, 1.807) is 29.4 Å². The number of carbonyl (C=O) groups excluding carboxylic acids is 1. The molecular formula is C30H31ClN4O4. The van der Waals surface area contributed by atoms with Crippen molar-refractivity contribution in [1.29, 1.82) is 0 Å². The first-order chi connectivity index (χ1) is 18.9. The second-order valence-electron chi connectivity index (χ2n) is 9.52. The number of hydrogen-bond donors (Lipinski definition) is 2. The van der Waals surface area contributed by atoms with Crippen molar-refractivity contribution in [3.05, 3.63) is 87.8 Å². The summed E-state index contributed by atoms with van der Waals surface area (Å²) in [6.45, 7) is 7.25. The van der Waals surface area contributed by atoms with Crippen LogP contribution in [0.15, 0.2) is 54.9 Å². The van der Waals surface area contributed by atoms with Gasteiger partial charge in [0.2, 0.25) is 0 Å².